The number of carbonyl (C=O) groups is 6. The maximum Gasteiger partial charge on any atom is 0.261 e. The number of hydrogen-bond acceptors (Lipinski definition) is 7. The van der Waals surface area contributed by atoms with Crippen molar-refractivity contribution in [2.45, 2.75) is 57.4 Å². The number of thioether (sulfide) groups is 1. The van der Waals surface area contributed by atoms with Crippen molar-refractivity contribution in [1.29, 1.82) is 0 Å². The predicted octanol–water partition coefficient (Wildman–Crippen LogP) is 2.33. The van der Waals surface area contributed by atoms with Gasteiger partial charge in [0.05, 0.1) is 16.4 Å². The molecule has 3 N–H and O–H groups in total. The summed E-state index contributed by atoms with van der Waals surface area (Å²) in [4.78, 5) is 77.5. The van der Waals surface area contributed by atoms with Crippen LogP contribution in [0.15, 0.2) is 54.6 Å². The van der Waals surface area contributed by atoms with E-state index in [1.54, 1.807) is 38.1 Å². The van der Waals surface area contributed by atoms with Crippen molar-refractivity contribution in [1.82, 2.24) is 20.9 Å². The molecule has 3 atom stereocenters. The van der Waals surface area contributed by atoms with Gasteiger partial charge in [0.25, 0.3) is 11.8 Å². The van der Waals surface area contributed by atoms with E-state index in [2.05, 4.69) is 16.0 Å². The molecular weight excluding hydrogens is 544 g/mol. The molecule has 5 amide bonds. The standard InChI is InChI=1S/C30H36N4O6S/c1-18(2)25(28(38)32-23(26(36)31-4)17-20-11-6-5-7-12-20)33-27(37)24(41-19(3)35)15-10-16-34-29(39)21-13-8-9-14-22(21)30(34)40/h5-9,11-14,18,23-25H,10,15-17H2,1-4H3,(H,31,36)(H,32,38)(H,33,37)/t23-,24?,25?/m0/s1. The van der Waals surface area contributed by atoms with Gasteiger partial charge < -0.3 is 16.0 Å². The second-order valence-corrected chi connectivity index (χ2v) is 11.5. The van der Waals surface area contributed by atoms with Crippen LogP contribution in [0.5, 0.6) is 0 Å². The van der Waals surface area contributed by atoms with E-state index in [4.69, 9.17) is 0 Å². The molecule has 0 spiro atoms. The fourth-order valence-electron chi connectivity index (χ4n) is 4.60. The maximum absolute atomic E-state index is 13.3. The molecule has 0 aromatic heterocycles. The lowest BCUT2D eigenvalue weighted by Gasteiger charge is -2.26. The van der Waals surface area contributed by atoms with Crippen LogP contribution in [-0.4, -0.2) is 70.5 Å². The topological polar surface area (TPSA) is 142 Å². The van der Waals surface area contributed by atoms with E-state index in [0.29, 0.717) is 11.1 Å². The molecule has 218 valence electrons. The summed E-state index contributed by atoms with van der Waals surface area (Å²) in [6.45, 7) is 4.98. The molecule has 11 heteroatoms. The van der Waals surface area contributed by atoms with Crippen molar-refractivity contribution in [2.24, 2.45) is 5.92 Å². The summed E-state index contributed by atoms with van der Waals surface area (Å²) < 4.78 is 0. The average molecular weight is 581 g/mol. The first-order chi connectivity index (χ1) is 19.5. The molecule has 0 bridgehead atoms. The zero-order valence-electron chi connectivity index (χ0n) is 23.6. The molecule has 10 nitrogen and oxygen atoms in total. The first-order valence-electron chi connectivity index (χ1n) is 13.5. The minimum Gasteiger partial charge on any atom is -0.357 e. The van der Waals surface area contributed by atoms with Crippen LogP contribution in [0.25, 0.3) is 0 Å². The van der Waals surface area contributed by atoms with Gasteiger partial charge in [-0.3, -0.25) is 33.7 Å². The van der Waals surface area contributed by atoms with Crippen molar-refractivity contribution >= 4 is 46.4 Å². The van der Waals surface area contributed by atoms with Gasteiger partial charge in [-0.25, -0.2) is 0 Å². The van der Waals surface area contributed by atoms with Crippen LogP contribution in [0, 0.1) is 5.92 Å². The van der Waals surface area contributed by atoms with E-state index in [1.165, 1.54) is 14.0 Å². The predicted molar refractivity (Wildman–Crippen MR) is 156 cm³/mol. The van der Waals surface area contributed by atoms with Crippen LogP contribution in [0.4, 0.5) is 0 Å². The van der Waals surface area contributed by atoms with E-state index < -0.39 is 29.1 Å². The second kappa shape index (κ2) is 14.6. The van der Waals surface area contributed by atoms with Crippen LogP contribution < -0.4 is 16.0 Å². The van der Waals surface area contributed by atoms with Gasteiger partial charge in [-0.2, -0.15) is 0 Å². The van der Waals surface area contributed by atoms with Gasteiger partial charge in [-0.05, 0) is 36.5 Å². The zero-order chi connectivity index (χ0) is 30.1. The van der Waals surface area contributed by atoms with Gasteiger partial charge in [0.2, 0.25) is 17.7 Å². The molecule has 2 unspecified atom stereocenters. The highest BCUT2D eigenvalue weighted by Gasteiger charge is 2.35. The summed E-state index contributed by atoms with van der Waals surface area (Å²) in [5.41, 5.74) is 1.55. The first-order valence-corrected chi connectivity index (χ1v) is 14.4. The third kappa shape index (κ3) is 8.26. The van der Waals surface area contributed by atoms with E-state index in [-0.39, 0.29) is 54.6 Å². The minimum atomic E-state index is -0.961. The van der Waals surface area contributed by atoms with Crippen molar-refractivity contribution in [3.05, 3.63) is 71.3 Å². The van der Waals surface area contributed by atoms with E-state index in [9.17, 15) is 28.8 Å². The number of fused-ring (bicyclic) bond motifs is 1. The number of hydrogen-bond donors (Lipinski definition) is 3. The number of nitrogens with zero attached hydrogens (tertiary/aromatic N) is 1. The molecular formula is C30H36N4O6S. The van der Waals surface area contributed by atoms with E-state index in [0.717, 1.165) is 22.2 Å². The van der Waals surface area contributed by atoms with Crippen LogP contribution in [0.3, 0.4) is 0 Å². The number of nitrogens with one attached hydrogen (secondary N) is 3. The Morgan fingerprint density at radius 2 is 1.41 bits per heavy atom. The Hall–Kier alpha value is -3.99. The molecule has 41 heavy (non-hydrogen) atoms. The fourth-order valence-corrected chi connectivity index (χ4v) is 5.46. The molecule has 0 aliphatic carbocycles. The molecule has 1 heterocycles. The van der Waals surface area contributed by atoms with Crippen LogP contribution in [0.1, 0.15) is 59.9 Å². The largest absolute Gasteiger partial charge is 0.357 e. The number of imide groups is 1. The number of carbonyl (C=O) groups excluding carboxylic acids is 6. The van der Waals surface area contributed by atoms with Gasteiger partial charge in [-0.1, -0.05) is 68.1 Å². The average Bonchev–Trinajstić information content (AvgIpc) is 3.19. The quantitative estimate of drug-likeness (QED) is 0.309. The summed E-state index contributed by atoms with van der Waals surface area (Å²) in [5.74, 6) is -2.49. The van der Waals surface area contributed by atoms with Crippen molar-refractivity contribution in [3.8, 4) is 0 Å². The lowest BCUT2D eigenvalue weighted by atomic mass is 10.0. The Bertz CT molecular complexity index is 1260. The minimum absolute atomic E-state index is 0.0932. The Kier molecular flexibility index (Phi) is 11.2. The molecule has 2 aromatic carbocycles. The Labute approximate surface area is 244 Å². The molecule has 0 radical (unpaired) electrons. The van der Waals surface area contributed by atoms with Crippen LogP contribution in [0.2, 0.25) is 0 Å². The number of amides is 5. The maximum atomic E-state index is 13.3. The Balaban J connectivity index is 1.65. The molecule has 2 aromatic rings. The molecule has 3 rings (SSSR count). The first kappa shape index (κ1) is 31.5. The van der Waals surface area contributed by atoms with Crippen LogP contribution >= 0.6 is 11.8 Å². The van der Waals surface area contributed by atoms with E-state index in [1.807, 2.05) is 30.3 Å². The molecule has 0 fully saturated rings. The number of likely N-dealkylation sites (N-methyl/N-ethyl adjacent to an activating group) is 1. The Morgan fingerprint density at radius 1 is 0.829 bits per heavy atom. The van der Waals surface area contributed by atoms with Crippen LogP contribution in [-0.2, 0) is 25.6 Å². The SMILES string of the molecule is CNC(=O)[C@H](Cc1ccccc1)NC(=O)C(NC(=O)C(CCCN1C(=O)c2ccccc2C1=O)SC(C)=O)C(C)C. The zero-order valence-corrected chi connectivity index (χ0v) is 24.5. The highest BCUT2D eigenvalue weighted by molar-refractivity contribution is 8.14. The Morgan fingerprint density at radius 3 is 1.95 bits per heavy atom. The third-order valence-electron chi connectivity index (χ3n) is 6.74. The lowest BCUT2D eigenvalue weighted by molar-refractivity contribution is -0.132. The molecule has 0 saturated carbocycles. The van der Waals surface area contributed by atoms with E-state index >= 15 is 0 Å². The molecule has 1 aliphatic heterocycles. The number of benzene rings is 2. The normalized spacial score (nSPS) is 14.7. The third-order valence-corrected chi connectivity index (χ3v) is 7.80. The molecule has 0 saturated heterocycles. The highest BCUT2D eigenvalue weighted by Crippen LogP contribution is 2.24. The summed E-state index contributed by atoms with van der Waals surface area (Å²) in [6.07, 6.45) is 0.759. The van der Waals surface area contributed by atoms with Gasteiger partial charge in [-0.15, -0.1) is 0 Å². The summed E-state index contributed by atoms with van der Waals surface area (Å²) >= 11 is 0.834. The lowest BCUT2D eigenvalue weighted by Crippen LogP contribution is -2.56. The summed E-state index contributed by atoms with van der Waals surface area (Å²) in [6, 6.07) is 14.0. The monoisotopic (exact) mass is 580 g/mol. The fraction of sp³-hybridized carbons (Fsp3) is 0.400. The van der Waals surface area contributed by atoms with Gasteiger partial charge in [0.1, 0.15) is 12.1 Å². The van der Waals surface area contributed by atoms with Crippen molar-refractivity contribution in [3.63, 3.8) is 0 Å². The summed E-state index contributed by atoms with van der Waals surface area (Å²) in [5, 5.41) is 6.96. The summed E-state index contributed by atoms with van der Waals surface area (Å²) in [7, 11) is 1.49. The van der Waals surface area contributed by atoms with Crippen molar-refractivity contribution in [2.75, 3.05) is 13.6 Å². The highest BCUT2D eigenvalue weighted by atomic mass is 32.2. The molecule has 1 aliphatic rings. The smallest absolute Gasteiger partial charge is 0.261 e. The van der Waals surface area contributed by atoms with Crippen molar-refractivity contribution < 1.29 is 28.8 Å². The van der Waals surface area contributed by atoms with Gasteiger partial charge in [0.15, 0.2) is 5.12 Å². The van der Waals surface area contributed by atoms with Gasteiger partial charge >= 0.3 is 0 Å². The number of rotatable bonds is 13. The van der Waals surface area contributed by atoms with Gasteiger partial charge in [0, 0.05) is 26.9 Å². The second-order valence-electron chi connectivity index (χ2n) is 10.1.